The molecule has 2 N–H and O–H groups in total. The van der Waals surface area contributed by atoms with Gasteiger partial charge in [-0.15, -0.1) is 34.2 Å². The highest BCUT2D eigenvalue weighted by atomic mass is 127. The average molecular weight is 556 g/mol. The van der Waals surface area contributed by atoms with Crippen molar-refractivity contribution in [1.82, 2.24) is 30.3 Å². The number of hydrogen-bond acceptors (Lipinski definition) is 5. The van der Waals surface area contributed by atoms with E-state index in [1.807, 2.05) is 12.1 Å². The Bertz CT molecular complexity index is 826. The van der Waals surface area contributed by atoms with Gasteiger partial charge in [0.1, 0.15) is 17.9 Å². The molecule has 0 aliphatic carbocycles. The van der Waals surface area contributed by atoms with Crippen molar-refractivity contribution in [2.24, 2.45) is 4.99 Å². The van der Waals surface area contributed by atoms with E-state index in [2.05, 4.69) is 56.3 Å². The predicted molar refractivity (Wildman–Crippen MR) is 140 cm³/mol. The van der Waals surface area contributed by atoms with Crippen LogP contribution in [0.2, 0.25) is 0 Å². The molecule has 9 heteroatoms. The summed E-state index contributed by atoms with van der Waals surface area (Å²) in [5.41, 5.74) is 1.20. The van der Waals surface area contributed by atoms with Crippen molar-refractivity contribution in [3.8, 4) is 5.75 Å². The number of rotatable bonds is 11. The molecule has 1 aromatic heterocycles. The van der Waals surface area contributed by atoms with Crippen LogP contribution >= 0.6 is 24.0 Å². The van der Waals surface area contributed by atoms with Crippen molar-refractivity contribution in [3.63, 3.8) is 0 Å². The maximum atomic E-state index is 5.48. The van der Waals surface area contributed by atoms with Crippen LogP contribution in [0.25, 0.3) is 0 Å². The number of aryl methyl sites for hydroxylation is 1. The smallest absolute Gasteiger partial charge is 0.191 e. The third-order valence-electron chi connectivity index (χ3n) is 5.90. The first-order valence-electron chi connectivity index (χ1n) is 11.5. The fourth-order valence-electron chi connectivity index (χ4n) is 4.15. The van der Waals surface area contributed by atoms with Crippen LogP contribution in [-0.4, -0.2) is 71.5 Å². The normalized spacial score (nSPS) is 16.6. The van der Waals surface area contributed by atoms with Crippen LogP contribution in [0.1, 0.15) is 38.1 Å². The lowest BCUT2D eigenvalue weighted by Gasteiger charge is -2.21. The van der Waals surface area contributed by atoms with Gasteiger partial charge >= 0.3 is 0 Å². The Morgan fingerprint density at radius 3 is 2.81 bits per heavy atom. The molecule has 1 aliphatic rings. The van der Waals surface area contributed by atoms with Gasteiger partial charge in [-0.3, -0.25) is 9.89 Å². The molecule has 2 heterocycles. The number of aromatic nitrogens is 3. The molecular weight excluding hydrogens is 517 g/mol. The summed E-state index contributed by atoms with van der Waals surface area (Å²) in [7, 11) is 1.72. The molecule has 0 saturated carbocycles. The number of likely N-dealkylation sites (N-methyl/N-ethyl adjacent to an activating group) is 1. The van der Waals surface area contributed by atoms with Gasteiger partial charge in [-0.2, -0.15) is 0 Å². The summed E-state index contributed by atoms with van der Waals surface area (Å²) in [6.07, 6.45) is 6.05. The second kappa shape index (κ2) is 14.3. The Kier molecular flexibility index (Phi) is 11.8. The van der Waals surface area contributed by atoms with E-state index in [9.17, 15) is 0 Å². The Labute approximate surface area is 209 Å². The van der Waals surface area contributed by atoms with Crippen molar-refractivity contribution in [3.05, 3.63) is 42.0 Å². The van der Waals surface area contributed by atoms with Gasteiger partial charge in [0.2, 0.25) is 0 Å². The molecule has 1 aromatic carbocycles. The number of nitrogens with one attached hydrogen (secondary N) is 2. The number of likely N-dealkylation sites (tertiary alicyclic amines) is 1. The second-order valence-electron chi connectivity index (χ2n) is 7.82. The molecule has 3 rings (SSSR count). The molecule has 178 valence electrons. The number of nitrogens with zero attached hydrogens (tertiary/aromatic N) is 5. The van der Waals surface area contributed by atoms with E-state index in [1.165, 1.54) is 24.9 Å². The van der Waals surface area contributed by atoms with Crippen LogP contribution in [0, 0.1) is 0 Å². The maximum absolute atomic E-state index is 5.48. The van der Waals surface area contributed by atoms with Gasteiger partial charge in [0.05, 0.1) is 13.7 Å². The van der Waals surface area contributed by atoms with Gasteiger partial charge in [-0.1, -0.05) is 32.0 Å². The van der Waals surface area contributed by atoms with Crippen LogP contribution < -0.4 is 15.4 Å². The Morgan fingerprint density at radius 2 is 2.03 bits per heavy atom. The zero-order chi connectivity index (χ0) is 21.9. The zero-order valence-corrected chi connectivity index (χ0v) is 21.9. The molecule has 0 spiro atoms. The second-order valence-corrected chi connectivity index (χ2v) is 7.82. The van der Waals surface area contributed by atoms with Gasteiger partial charge in [0.25, 0.3) is 0 Å². The van der Waals surface area contributed by atoms with Crippen molar-refractivity contribution in [1.29, 1.82) is 0 Å². The largest absolute Gasteiger partial charge is 0.496 e. The number of para-hydroxylation sites is 1. The van der Waals surface area contributed by atoms with Crippen LogP contribution in [0.4, 0.5) is 0 Å². The van der Waals surface area contributed by atoms with Crippen molar-refractivity contribution in [2.45, 2.75) is 52.1 Å². The Hall–Kier alpha value is -1.88. The van der Waals surface area contributed by atoms with E-state index in [0.717, 1.165) is 63.1 Å². The average Bonchev–Trinajstić information content (AvgIpc) is 3.46. The molecule has 1 aliphatic heterocycles. The molecule has 1 unspecified atom stereocenters. The van der Waals surface area contributed by atoms with E-state index in [4.69, 9.17) is 9.73 Å². The summed E-state index contributed by atoms with van der Waals surface area (Å²) in [4.78, 5) is 7.45. The first-order valence-corrected chi connectivity index (χ1v) is 11.5. The number of benzene rings is 1. The van der Waals surface area contributed by atoms with E-state index in [1.54, 1.807) is 13.4 Å². The Morgan fingerprint density at radius 1 is 1.22 bits per heavy atom. The number of aliphatic imine (C=N–C) groups is 1. The van der Waals surface area contributed by atoms with Crippen molar-refractivity contribution in [2.75, 3.05) is 39.8 Å². The van der Waals surface area contributed by atoms with E-state index >= 15 is 0 Å². The minimum atomic E-state index is 0. The highest BCUT2D eigenvalue weighted by molar-refractivity contribution is 14.0. The fraction of sp³-hybridized carbons (Fsp3) is 0.609. The van der Waals surface area contributed by atoms with Gasteiger partial charge in [-0.05, 0) is 44.0 Å². The van der Waals surface area contributed by atoms with E-state index in [0.29, 0.717) is 6.04 Å². The first kappa shape index (κ1) is 26.4. The highest BCUT2D eigenvalue weighted by Crippen LogP contribution is 2.18. The quantitative estimate of drug-likeness (QED) is 0.252. The molecule has 1 fully saturated rings. The summed E-state index contributed by atoms with van der Waals surface area (Å²) < 4.78 is 7.57. The summed E-state index contributed by atoms with van der Waals surface area (Å²) in [6, 6.07) is 8.71. The molecule has 1 saturated heterocycles. The van der Waals surface area contributed by atoms with Crippen molar-refractivity contribution < 1.29 is 4.74 Å². The molecule has 1 atom stereocenters. The van der Waals surface area contributed by atoms with Crippen LogP contribution in [0.5, 0.6) is 5.75 Å². The van der Waals surface area contributed by atoms with Crippen LogP contribution in [0.3, 0.4) is 0 Å². The fourth-order valence-corrected chi connectivity index (χ4v) is 4.15. The van der Waals surface area contributed by atoms with Gasteiger partial charge in [0, 0.05) is 32.1 Å². The lowest BCUT2D eigenvalue weighted by atomic mass is 10.1. The molecule has 0 bridgehead atoms. The van der Waals surface area contributed by atoms with Gasteiger partial charge in [-0.25, -0.2) is 0 Å². The standard InChI is InChI=1S/C23H37N7O.HI/c1-4-22-28-27-18-30(22)16-14-25-23(26-17-20-10-8-15-29(20)5-2)24-13-12-19-9-6-7-11-21(19)31-3;/h6-7,9,11,18,20H,4-5,8,10,12-17H2,1-3H3,(H2,24,25,26);1H. The number of methoxy groups -OCH3 is 1. The van der Waals surface area contributed by atoms with Gasteiger partial charge < -0.3 is 19.9 Å². The van der Waals surface area contributed by atoms with Gasteiger partial charge in [0.15, 0.2) is 5.96 Å². The molecule has 32 heavy (non-hydrogen) atoms. The molecule has 2 aromatic rings. The lowest BCUT2D eigenvalue weighted by molar-refractivity contribution is 0.273. The van der Waals surface area contributed by atoms with E-state index < -0.39 is 0 Å². The molecule has 8 nitrogen and oxygen atoms in total. The predicted octanol–water partition coefficient (Wildman–Crippen LogP) is 2.73. The maximum Gasteiger partial charge on any atom is 0.191 e. The summed E-state index contributed by atoms with van der Waals surface area (Å²) >= 11 is 0. The topological polar surface area (TPSA) is 79.6 Å². The molecule has 0 radical (unpaired) electrons. The monoisotopic (exact) mass is 555 g/mol. The summed E-state index contributed by atoms with van der Waals surface area (Å²) in [5.74, 6) is 2.80. The third kappa shape index (κ3) is 7.61. The molecule has 0 amide bonds. The number of hydrogen-bond donors (Lipinski definition) is 2. The summed E-state index contributed by atoms with van der Waals surface area (Å²) in [5, 5.41) is 15.2. The zero-order valence-electron chi connectivity index (χ0n) is 19.6. The summed E-state index contributed by atoms with van der Waals surface area (Å²) in [6.45, 7) is 9.82. The lowest BCUT2D eigenvalue weighted by Crippen LogP contribution is -2.41. The van der Waals surface area contributed by atoms with Crippen LogP contribution in [-0.2, 0) is 19.4 Å². The minimum Gasteiger partial charge on any atom is -0.496 e. The minimum absolute atomic E-state index is 0. The number of guanidine groups is 1. The number of ether oxygens (including phenoxy) is 1. The highest BCUT2D eigenvalue weighted by Gasteiger charge is 2.22. The van der Waals surface area contributed by atoms with Crippen molar-refractivity contribution >= 4 is 29.9 Å². The van der Waals surface area contributed by atoms with E-state index in [-0.39, 0.29) is 24.0 Å². The first-order chi connectivity index (χ1) is 15.2. The number of halogens is 1. The molecular formula is C23H38IN7O. The SMILES string of the molecule is CCc1nncn1CCNC(=NCC1CCCN1CC)NCCc1ccccc1OC.I. The third-order valence-corrected chi connectivity index (χ3v) is 5.90. The Balaban J connectivity index is 0.00000363. The van der Waals surface area contributed by atoms with Crippen LogP contribution in [0.15, 0.2) is 35.6 Å².